The van der Waals surface area contributed by atoms with Crippen LogP contribution in [0.25, 0.3) is 0 Å². The van der Waals surface area contributed by atoms with Crippen LogP contribution in [0.5, 0.6) is 0 Å². The lowest BCUT2D eigenvalue weighted by molar-refractivity contribution is -0.142. The molecular formula is C13H11ClFNO4. The van der Waals surface area contributed by atoms with Gasteiger partial charge in [0, 0.05) is 17.5 Å². The van der Waals surface area contributed by atoms with Crippen molar-refractivity contribution in [2.75, 3.05) is 0 Å². The van der Waals surface area contributed by atoms with E-state index in [4.69, 9.17) is 26.8 Å². The van der Waals surface area contributed by atoms with Gasteiger partial charge in [-0.3, -0.25) is 9.59 Å². The average molecular weight is 300 g/mol. The Bertz CT molecular complexity index is 643. The summed E-state index contributed by atoms with van der Waals surface area (Å²) in [4.78, 5) is 23.2. The molecule has 5 nitrogen and oxygen atoms in total. The Morgan fingerprint density at radius 3 is 2.70 bits per heavy atom. The van der Waals surface area contributed by atoms with Crippen LogP contribution >= 0.6 is 11.6 Å². The van der Waals surface area contributed by atoms with Crippen molar-refractivity contribution in [2.45, 2.75) is 19.4 Å². The molecule has 0 fully saturated rings. The molecule has 1 aliphatic heterocycles. The summed E-state index contributed by atoms with van der Waals surface area (Å²) in [6, 6.07) is 3.79. The SMILES string of the molecule is CC(=O)OC1=C(N)OC(C)(c2ccc(Cl)cc2F)C1=O. The Balaban J connectivity index is 2.44. The lowest BCUT2D eigenvalue weighted by Gasteiger charge is -2.23. The monoisotopic (exact) mass is 299 g/mol. The highest BCUT2D eigenvalue weighted by molar-refractivity contribution is 6.30. The van der Waals surface area contributed by atoms with Gasteiger partial charge in [-0.2, -0.15) is 0 Å². The van der Waals surface area contributed by atoms with Crippen molar-refractivity contribution in [2.24, 2.45) is 5.73 Å². The zero-order valence-electron chi connectivity index (χ0n) is 10.7. The van der Waals surface area contributed by atoms with Gasteiger partial charge in [-0.15, -0.1) is 0 Å². The number of rotatable bonds is 2. The van der Waals surface area contributed by atoms with E-state index in [0.29, 0.717) is 0 Å². The summed E-state index contributed by atoms with van der Waals surface area (Å²) in [5, 5.41) is 0.182. The van der Waals surface area contributed by atoms with Crippen molar-refractivity contribution in [3.05, 3.63) is 46.2 Å². The fourth-order valence-corrected chi connectivity index (χ4v) is 2.09. The molecule has 1 aromatic carbocycles. The highest BCUT2D eigenvalue weighted by atomic mass is 35.5. The molecule has 0 amide bonds. The van der Waals surface area contributed by atoms with Crippen molar-refractivity contribution in [1.82, 2.24) is 0 Å². The molecule has 1 aliphatic rings. The Labute approximate surface area is 119 Å². The Morgan fingerprint density at radius 2 is 2.15 bits per heavy atom. The van der Waals surface area contributed by atoms with Crippen molar-refractivity contribution in [1.29, 1.82) is 0 Å². The van der Waals surface area contributed by atoms with Crippen molar-refractivity contribution >= 4 is 23.4 Å². The number of esters is 1. The number of ketones is 1. The fourth-order valence-electron chi connectivity index (χ4n) is 1.94. The number of benzene rings is 1. The van der Waals surface area contributed by atoms with Gasteiger partial charge in [0.15, 0.2) is 0 Å². The standard InChI is InChI=1S/C13H11ClFNO4/c1-6(17)19-10-11(18)13(2,20-12(10)16)8-4-3-7(14)5-9(8)15/h3-5H,16H2,1-2H3. The van der Waals surface area contributed by atoms with E-state index >= 15 is 0 Å². The number of hydrogen-bond donors (Lipinski definition) is 1. The van der Waals surface area contributed by atoms with Gasteiger partial charge in [-0.1, -0.05) is 17.7 Å². The molecule has 2 N–H and O–H groups in total. The van der Waals surface area contributed by atoms with Crippen LogP contribution in [-0.4, -0.2) is 11.8 Å². The highest BCUT2D eigenvalue weighted by Gasteiger charge is 2.50. The van der Waals surface area contributed by atoms with Crippen LogP contribution in [0.1, 0.15) is 19.4 Å². The van der Waals surface area contributed by atoms with E-state index < -0.39 is 28.9 Å². The molecule has 0 radical (unpaired) electrons. The Morgan fingerprint density at radius 1 is 1.50 bits per heavy atom. The van der Waals surface area contributed by atoms with E-state index in [1.54, 1.807) is 0 Å². The highest BCUT2D eigenvalue weighted by Crippen LogP contribution is 2.39. The second-order valence-corrected chi connectivity index (χ2v) is 4.81. The minimum absolute atomic E-state index is 0.0444. The zero-order chi connectivity index (χ0) is 15.1. The van der Waals surface area contributed by atoms with E-state index in [9.17, 15) is 14.0 Å². The zero-order valence-corrected chi connectivity index (χ0v) is 11.5. The molecule has 1 atom stereocenters. The first-order valence-corrected chi connectivity index (χ1v) is 6.01. The van der Waals surface area contributed by atoms with Gasteiger partial charge in [0.2, 0.25) is 17.2 Å². The van der Waals surface area contributed by atoms with Gasteiger partial charge in [0.05, 0.1) is 0 Å². The topological polar surface area (TPSA) is 78.6 Å². The molecular weight excluding hydrogens is 289 g/mol. The van der Waals surface area contributed by atoms with Crippen LogP contribution in [0.2, 0.25) is 5.02 Å². The number of hydrogen-bond acceptors (Lipinski definition) is 5. The minimum atomic E-state index is -1.69. The molecule has 0 aromatic heterocycles. The van der Waals surface area contributed by atoms with Crippen molar-refractivity contribution in [3.63, 3.8) is 0 Å². The molecule has 106 valence electrons. The number of carbonyl (C=O) groups is 2. The Kier molecular flexibility index (Phi) is 3.43. The first-order valence-electron chi connectivity index (χ1n) is 5.63. The van der Waals surface area contributed by atoms with E-state index in [1.165, 1.54) is 19.1 Å². The van der Waals surface area contributed by atoms with Crippen molar-refractivity contribution in [3.8, 4) is 0 Å². The first kappa shape index (κ1) is 14.3. The maximum absolute atomic E-state index is 14.0. The average Bonchev–Trinajstić information content (AvgIpc) is 2.53. The molecule has 0 spiro atoms. The van der Waals surface area contributed by atoms with Gasteiger partial charge in [-0.25, -0.2) is 4.39 Å². The predicted octanol–water partition coefficient (Wildman–Crippen LogP) is 1.98. The molecule has 7 heteroatoms. The number of nitrogens with two attached hydrogens (primary N) is 1. The number of Topliss-reactive ketones (excluding diaryl/α,β-unsaturated/α-hetero) is 1. The van der Waals surface area contributed by atoms with E-state index in [-0.39, 0.29) is 16.5 Å². The maximum atomic E-state index is 14.0. The van der Waals surface area contributed by atoms with Gasteiger partial charge >= 0.3 is 5.97 Å². The smallest absolute Gasteiger partial charge is 0.308 e. The quantitative estimate of drug-likeness (QED) is 0.845. The van der Waals surface area contributed by atoms with E-state index in [1.807, 2.05) is 0 Å². The van der Waals surface area contributed by atoms with Gasteiger partial charge < -0.3 is 15.2 Å². The third-order valence-corrected chi connectivity index (χ3v) is 3.10. The maximum Gasteiger partial charge on any atom is 0.308 e. The third-order valence-electron chi connectivity index (χ3n) is 2.87. The van der Waals surface area contributed by atoms with Crippen LogP contribution < -0.4 is 5.73 Å². The molecule has 0 saturated carbocycles. The molecule has 1 heterocycles. The Hall–Kier alpha value is -2.08. The summed E-state index contributed by atoms with van der Waals surface area (Å²) >= 11 is 5.66. The molecule has 2 rings (SSSR count). The fraction of sp³-hybridized carbons (Fsp3) is 0.231. The van der Waals surface area contributed by atoms with Crippen LogP contribution in [0.15, 0.2) is 29.8 Å². The molecule has 0 saturated heterocycles. The van der Waals surface area contributed by atoms with Crippen molar-refractivity contribution < 1.29 is 23.5 Å². The molecule has 1 unspecified atom stereocenters. The summed E-state index contributed by atoms with van der Waals surface area (Å²) in [6.45, 7) is 2.46. The largest absolute Gasteiger partial charge is 0.457 e. The number of carbonyl (C=O) groups excluding carboxylic acids is 2. The van der Waals surface area contributed by atoms with Gasteiger partial charge in [0.25, 0.3) is 5.78 Å². The second-order valence-electron chi connectivity index (χ2n) is 4.38. The predicted molar refractivity (Wildman–Crippen MR) is 67.8 cm³/mol. The number of halogens is 2. The second kappa shape index (κ2) is 4.79. The lowest BCUT2D eigenvalue weighted by atomic mass is 9.91. The lowest BCUT2D eigenvalue weighted by Crippen LogP contribution is -2.33. The van der Waals surface area contributed by atoms with E-state index in [2.05, 4.69) is 0 Å². The summed E-state index contributed by atoms with van der Waals surface area (Å²) in [5.74, 6) is -2.95. The third kappa shape index (κ3) is 2.22. The summed E-state index contributed by atoms with van der Waals surface area (Å²) in [6.07, 6.45) is 0. The van der Waals surface area contributed by atoms with Crippen LogP contribution in [0.3, 0.4) is 0 Å². The molecule has 1 aromatic rings. The summed E-state index contributed by atoms with van der Waals surface area (Å²) in [7, 11) is 0. The van der Waals surface area contributed by atoms with Crippen LogP contribution in [0.4, 0.5) is 4.39 Å². The normalized spacial score (nSPS) is 21.9. The van der Waals surface area contributed by atoms with Crippen LogP contribution in [-0.2, 0) is 24.7 Å². The molecule has 0 bridgehead atoms. The van der Waals surface area contributed by atoms with Crippen LogP contribution in [0, 0.1) is 5.82 Å². The first-order chi connectivity index (χ1) is 9.25. The minimum Gasteiger partial charge on any atom is -0.457 e. The van der Waals surface area contributed by atoms with Gasteiger partial charge in [-0.05, 0) is 19.1 Å². The van der Waals surface area contributed by atoms with E-state index in [0.717, 1.165) is 13.0 Å². The molecule has 20 heavy (non-hydrogen) atoms. The summed E-state index contributed by atoms with van der Waals surface area (Å²) < 4.78 is 23.9. The molecule has 0 aliphatic carbocycles. The summed E-state index contributed by atoms with van der Waals surface area (Å²) in [5.41, 5.74) is 3.79. The van der Waals surface area contributed by atoms with Gasteiger partial charge in [0.1, 0.15) is 5.82 Å². The number of ether oxygens (including phenoxy) is 2.